The highest BCUT2D eigenvalue weighted by atomic mass is 19.1. The highest BCUT2D eigenvalue weighted by Gasteiger charge is 2.43. The summed E-state index contributed by atoms with van der Waals surface area (Å²) in [6.45, 7) is 2.03. The normalized spacial score (nSPS) is 41.2. The molecule has 1 rings (SSSR count). The van der Waals surface area contributed by atoms with Gasteiger partial charge in [0.15, 0.2) is 5.67 Å². The van der Waals surface area contributed by atoms with Gasteiger partial charge in [-0.3, -0.25) is 0 Å². The molecule has 0 atom stereocenters. The second-order valence-electron chi connectivity index (χ2n) is 2.76. The first-order valence-corrected chi connectivity index (χ1v) is 3.30. The number of hydrogen-bond donors (Lipinski definition) is 0. The predicted octanol–water partition coefficient (Wildman–Crippen LogP) is 2.04. The molecule has 1 saturated carbocycles. The molecule has 0 aromatic carbocycles. The van der Waals surface area contributed by atoms with Crippen LogP contribution in [-0.4, -0.2) is 5.67 Å². The molecular weight excluding hydrogens is 117 g/mol. The van der Waals surface area contributed by atoms with Gasteiger partial charge in [0.25, 0.3) is 0 Å². The zero-order valence-corrected chi connectivity index (χ0v) is 5.52. The molecule has 0 amide bonds. The second-order valence-corrected chi connectivity index (χ2v) is 2.76. The maximum Gasteiger partial charge on any atom is 0.196 e. The van der Waals surface area contributed by atoms with Crippen molar-refractivity contribution in [3.05, 3.63) is 0 Å². The van der Waals surface area contributed by atoms with Crippen molar-refractivity contribution in [1.29, 1.82) is 5.26 Å². The van der Waals surface area contributed by atoms with Gasteiger partial charge in [0.1, 0.15) is 6.07 Å². The third-order valence-corrected chi connectivity index (χ3v) is 2.00. The fourth-order valence-corrected chi connectivity index (χ4v) is 1.24. The lowest BCUT2D eigenvalue weighted by Gasteiger charge is -2.35. The van der Waals surface area contributed by atoms with Crippen molar-refractivity contribution in [2.45, 2.75) is 31.9 Å². The lowest BCUT2D eigenvalue weighted by Crippen LogP contribution is -2.37. The van der Waals surface area contributed by atoms with Crippen LogP contribution in [0.25, 0.3) is 0 Å². The van der Waals surface area contributed by atoms with E-state index in [-0.39, 0.29) is 0 Å². The SMILES string of the molecule is CCC1CC(F)(C#N)C1. The maximum atomic E-state index is 12.7. The minimum atomic E-state index is -1.46. The summed E-state index contributed by atoms with van der Waals surface area (Å²) in [5, 5.41) is 8.23. The smallest absolute Gasteiger partial charge is 0.196 e. The Balaban J connectivity index is 2.35. The first kappa shape index (κ1) is 6.54. The molecular formula is C7H10FN. The summed E-state index contributed by atoms with van der Waals surface area (Å²) >= 11 is 0. The van der Waals surface area contributed by atoms with E-state index in [0.717, 1.165) is 6.42 Å². The van der Waals surface area contributed by atoms with Gasteiger partial charge in [-0.05, 0) is 18.8 Å². The van der Waals surface area contributed by atoms with Gasteiger partial charge in [0, 0.05) is 0 Å². The van der Waals surface area contributed by atoms with Crippen LogP contribution in [0, 0.1) is 17.2 Å². The van der Waals surface area contributed by atoms with Crippen LogP contribution in [0.4, 0.5) is 4.39 Å². The Morgan fingerprint density at radius 1 is 1.78 bits per heavy atom. The zero-order chi connectivity index (χ0) is 6.91. The monoisotopic (exact) mass is 127 g/mol. The van der Waals surface area contributed by atoms with E-state index in [1.807, 2.05) is 6.92 Å². The van der Waals surface area contributed by atoms with Crippen LogP contribution in [0.3, 0.4) is 0 Å². The Morgan fingerprint density at radius 2 is 2.33 bits per heavy atom. The second kappa shape index (κ2) is 1.98. The average molecular weight is 127 g/mol. The molecule has 1 aliphatic rings. The number of rotatable bonds is 1. The first-order valence-electron chi connectivity index (χ1n) is 3.30. The van der Waals surface area contributed by atoms with Gasteiger partial charge in [-0.2, -0.15) is 5.26 Å². The highest BCUT2D eigenvalue weighted by molar-refractivity contribution is 5.09. The molecule has 0 radical (unpaired) electrons. The van der Waals surface area contributed by atoms with E-state index in [2.05, 4.69) is 0 Å². The Kier molecular flexibility index (Phi) is 1.44. The van der Waals surface area contributed by atoms with E-state index < -0.39 is 5.67 Å². The molecule has 1 fully saturated rings. The van der Waals surface area contributed by atoms with Gasteiger partial charge in [-0.15, -0.1) is 0 Å². The number of hydrogen-bond acceptors (Lipinski definition) is 1. The summed E-state index contributed by atoms with van der Waals surface area (Å²) in [6, 6.07) is 1.68. The number of halogens is 1. The summed E-state index contributed by atoms with van der Waals surface area (Å²) in [6.07, 6.45) is 1.92. The van der Waals surface area contributed by atoms with Crippen molar-refractivity contribution in [2.24, 2.45) is 5.92 Å². The molecule has 0 N–H and O–H groups in total. The van der Waals surface area contributed by atoms with Crippen LogP contribution in [0.2, 0.25) is 0 Å². The Hall–Kier alpha value is -0.580. The van der Waals surface area contributed by atoms with E-state index >= 15 is 0 Å². The topological polar surface area (TPSA) is 23.8 Å². The van der Waals surface area contributed by atoms with Gasteiger partial charge < -0.3 is 0 Å². The Labute approximate surface area is 54.5 Å². The Morgan fingerprint density at radius 3 is 2.67 bits per heavy atom. The third kappa shape index (κ3) is 1.05. The van der Waals surface area contributed by atoms with Crippen molar-refractivity contribution in [3.8, 4) is 6.07 Å². The van der Waals surface area contributed by atoms with E-state index in [0.29, 0.717) is 18.8 Å². The van der Waals surface area contributed by atoms with Gasteiger partial charge >= 0.3 is 0 Å². The molecule has 0 bridgehead atoms. The minimum Gasteiger partial charge on any atom is -0.227 e. The molecule has 0 saturated heterocycles. The summed E-state index contributed by atoms with van der Waals surface area (Å²) in [4.78, 5) is 0. The summed E-state index contributed by atoms with van der Waals surface area (Å²) in [7, 11) is 0. The van der Waals surface area contributed by atoms with E-state index in [9.17, 15) is 4.39 Å². The standard InChI is InChI=1S/C7H10FN/c1-2-6-3-7(8,4-6)5-9/h6H,2-4H2,1H3. The largest absolute Gasteiger partial charge is 0.227 e. The lowest BCUT2D eigenvalue weighted by atomic mass is 9.72. The highest BCUT2D eigenvalue weighted by Crippen LogP contribution is 2.42. The van der Waals surface area contributed by atoms with E-state index in [1.54, 1.807) is 6.07 Å². The molecule has 0 aliphatic heterocycles. The van der Waals surface area contributed by atoms with E-state index in [4.69, 9.17) is 5.26 Å². The fourth-order valence-electron chi connectivity index (χ4n) is 1.24. The quantitative estimate of drug-likeness (QED) is 0.528. The maximum absolute atomic E-state index is 12.7. The van der Waals surface area contributed by atoms with Gasteiger partial charge in [-0.1, -0.05) is 13.3 Å². The minimum absolute atomic E-state index is 0.458. The number of nitriles is 1. The Bertz CT molecular complexity index is 141. The van der Waals surface area contributed by atoms with Crippen molar-refractivity contribution in [1.82, 2.24) is 0 Å². The fraction of sp³-hybridized carbons (Fsp3) is 0.857. The van der Waals surface area contributed by atoms with Crippen LogP contribution in [0.15, 0.2) is 0 Å². The zero-order valence-electron chi connectivity index (χ0n) is 5.52. The van der Waals surface area contributed by atoms with Crippen LogP contribution >= 0.6 is 0 Å². The molecule has 0 spiro atoms. The van der Waals surface area contributed by atoms with Crippen LogP contribution < -0.4 is 0 Å². The molecule has 9 heavy (non-hydrogen) atoms. The van der Waals surface area contributed by atoms with Gasteiger partial charge in [0.05, 0.1) is 0 Å². The molecule has 0 aromatic heterocycles. The molecule has 0 aromatic rings. The summed E-state index contributed by atoms with van der Waals surface area (Å²) < 4.78 is 12.7. The predicted molar refractivity (Wildman–Crippen MR) is 32.5 cm³/mol. The summed E-state index contributed by atoms with van der Waals surface area (Å²) in [5.74, 6) is 0.467. The molecule has 2 heteroatoms. The van der Waals surface area contributed by atoms with Crippen molar-refractivity contribution < 1.29 is 4.39 Å². The third-order valence-electron chi connectivity index (χ3n) is 2.00. The van der Waals surface area contributed by atoms with Crippen LogP contribution in [0.1, 0.15) is 26.2 Å². The van der Waals surface area contributed by atoms with E-state index in [1.165, 1.54) is 0 Å². The molecule has 0 unspecified atom stereocenters. The van der Waals surface area contributed by atoms with Crippen molar-refractivity contribution in [2.75, 3.05) is 0 Å². The molecule has 1 aliphatic carbocycles. The molecule has 0 heterocycles. The molecule has 1 nitrogen and oxygen atoms in total. The average Bonchev–Trinajstić information content (AvgIpc) is 1.81. The first-order chi connectivity index (χ1) is 4.20. The van der Waals surface area contributed by atoms with Gasteiger partial charge in [0.2, 0.25) is 0 Å². The number of nitrogens with zero attached hydrogens (tertiary/aromatic N) is 1. The van der Waals surface area contributed by atoms with Gasteiger partial charge in [-0.25, -0.2) is 4.39 Å². The van der Waals surface area contributed by atoms with Crippen molar-refractivity contribution >= 4 is 0 Å². The number of alkyl halides is 1. The molecule has 50 valence electrons. The van der Waals surface area contributed by atoms with Crippen molar-refractivity contribution in [3.63, 3.8) is 0 Å². The van der Waals surface area contributed by atoms with Crippen LogP contribution in [0.5, 0.6) is 0 Å². The van der Waals surface area contributed by atoms with Crippen LogP contribution in [-0.2, 0) is 0 Å². The lowest BCUT2D eigenvalue weighted by molar-refractivity contribution is 0.0593. The summed E-state index contributed by atoms with van der Waals surface area (Å²) in [5.41, 5.74) is -1.46.